The molecular weight excluding hydrogens is 470 g/mol. The predicted molar refractivity (Wildman–Crippen MR) is 102 cm³/mol. The second-order valence-corrected chi connectivity index (χ2v) is 6.95. The molecule has 2 aromatic rings. The first-order valence-electron chi connectivity index (χ1n) is 7.36. The Labute approximate surface area is 165 Å². The Morgan fingerprint density at radius 1 is 1.19 bits per heavy atom. The lowest BCUT2D eigenvalue weighted by atomic mass is 10.0. The summed E-state index contributed by atoms with van der Waals surface area (Å²) in [5.41, 5.74) is 2.23. The summed E-state index contributed by atoms with van der Waals surface area (Å²) in [7, 11) is 0. The number of halogens is 2. The average Bonchev–Trinajstić information content (AvgIpc) is 2.95. The number of rotatable bonds is 5. The van der Waals surface area contributed by atoms with Crippen LogP contribution in [0.5, 0.6) is 5.75 Å². The third-order valence-corrected chi connectivity index (χ3v) is 4.59. The highest BCUT2D eigenvalue weighted by molar-refractivity contribution is 9.11. The quantitative estimate of drug-likeness (QED) is 0.516. The number of carbonyl (C=O) groups is 2. The standard InChI is InChI=1S/C18H11Br2NO5/c19-13-7-10(8-14(20)17(13)25-9-15(22)23)6-12-16(21-26-18(12)24)11-4-2-1-3-5-11/h1-8H,9H2,(H,22,23)/b12-6-. The fourth-order valence-corrected chi connectivity index (χ4v) is 3.77. The zero-order chi connectivity index (χ0) is 18.7. The van der Waals surface area contributed by atoms with Crippen molar-refractivity contribution >= 4 is 55.6 Å². The van der Waals surface area contributed by atoms with Gasteiger partial charge in [0, 0.05) is 5.56 Å². The topological polar surface area (TPSA) is 85.2 Å². The van der Waals surface area contributed by atoms with Crippen molar-refractivity contribution in [2.24, 2.45) is 5.16 Å². The van der Waals surface area contributed by atoms with Gasteiger partial charge >= 0.3 is 11.9 Å². The van der Waals surface area contributed by atoms with E-state index >= 15 is 0 Å². The van der Waals surface area contributed by atoms with Gasteiger partial charge in [-0.3, -0.25) is 0 Å². The van der Waals surface area contributed by atoms with E-state index in [9.17, 15) is 9.59 Å². The molecule has 0 radical (unpaired) electrons. The summed E-state index contributed by atoms with van der Waals surface area (Å²) in [6.45, 7) is -0.464. The number of nitrogens with zero attached hydrogens (tertiary/aromatic N) is 1. The molecular formula is C18H11Br2NO5. The van der Waals surface area contributed by atoms with Crippen molar-refractivity contribution in [1.82, 2.24) is 0 Å². The highest BCUT2D eigenvalue weighted by atomic mass is 79.9. The van der Waals surface area contributed by atoms with Crippen LogP contribution in [0.2, 0.25) is 0 Å². The highest BCUT2D eigenvalue weighted by Gasteiger charge is 2.26. The Morgan fingerprint density at radius 2 is 1.85 bits per heavy atom. The molecule has 1 heterocycles. The molecule has 26 heavy (non-hydrogen) atoms. The van der Waals surface area contributed by atoms with Gasteiger partial charge in [-0.15, -0.1) is 0 Å². The molecule has 0 spiro atoms. The molecule has 1 aliphatic rings. The van der Waals surface area contributed by atoms with Gasteiger partial charge in [0.2, 0.25) is 0 Å². The van der Waals surface area contributed by atoms with Crippen molar-refractivity contribution < 1.29 is 24.3 Å². The molecule has 0 aromatic heterocycles. The summed E-state index contributed by atoms with van der Waals surface area (Å²) in [5.74, 6) is -1.25. The number of hydrogen-bond donors (Lipinski definition) is 1. The second-order valence-electron chi connectivity index (χ2n) is 5.24. The van der Waals surface area contributed by atoms with E-state index in [1.54, 1.807) is 18.2 Å². The van der Waals surface area contributed by atoms with Gasteiger partial charge in [-0.1, -0.05) is 35.5 Å². The number of carboxylic acids is 1. The molecule has 1 aliphatic heterocycles. The van der Waals surface area contributed by atoms with E-state index in [2.05, 4.69) is 37.0 Å². The zero-order valence-electron chi connectivity index (χ0n) is 13.1. The number of carbonyl (C=O) groups excluding carboxylic acids is 1. The number of carboxylic acid groups (broad SMARTS) is 1. The highest BCUT2D eigenvalue weighted by Crippen LogP contribution is 2.36. The van der Waals surface area contributed by atoms with E-state index in [1.807, 2.05) is 30.3 Å². The van der Waals surface area contributed by atoms with Crippen molar-refractivity contribution in [3.63, 3.8) is 0 Å². The molecule has 1 N–H and O–H groups in total. The summed E-state index contributed by atoms with van der Waals surface area (Å²) in [6, 6.07) is 12.7. The van der Waals surface area contributed by atoms with Crippen LogP contribution in [-0.4, -0.2) is 29.4 Å². The van der Waals surface area contributed by atoms with Crippen LogP contribution in [0.25, 0.3) is 6.08 Å². The molecule has 0 unspecified atom stereocenters. The largest absolute Gasteiger partial charge is 0.480 e. The molecule has 0 bridgehead atoms. The van der Waals surface area contributed by atoms with E-state index in [1.165, 1.54) is 0 Å². The summed E-state index contributed by atoms with van der Waals surface area (Å²) in [4.78, 5) is 27.5. The minimum atomic E-state index is -1.08. The Kier molecular flexibility index (Phi) is 5.53. The van der Waals surface area contributed by atoms with E-state index in [4.69, 9.17) is 14.7 Å². The molecule has 2 aromatic carbocycles. The fourth-order valence-electron chi connectivity index (χ4n) is 2.31. The first kappa shape index (κ1) is 18.3. The van der Waals surface area contributed by atoms with Crippen LogP contribution in [0, 0.1) is 0 Å². The lowest BCUT2D eigenvalue weighted by Crippen LogP contribution is -2.10. The van der Waals surface area contributed by atoms with Crippen LogP contribution in [0.1, 0.15) is 11.1 Å². The Bertz CT molecular complexity index is 915. The van der Waals surface area contributed by atoms with E-state index in [0.717, 1.165) is 5.56 Å². The van der Waals surface area contributed by atoms with E-state index in [-0.39, 0.29) is 0 Å². The van der Waals surface area contributed by atoms with Gasteiger partial charge in [0.05, 0.1) is 14.5 Å². The summed E-state index contributed by atoms with van der Waals surface area (Å²) in [6.07, 6.45) is 1.65. The van der Waals surface area contributed by atoms with Crippen LogP contribution >= 0.6 is 31.9 Å². The molecule has 132 valence electrons. The van der Waals surface area contributed by atoms with Crippen LogP contribution in [0.15, 0.2) is 62.1 Å². The van der Waals surface area contributed by atoms with E-state index < -0.39 is 18.5 Å². The monoisotopic (exact) mass is 479 g/mol. The maximum absolute atomic E-state index is 12.1. The maximum atomic E-state index is 12.1. The molecule has 0 amide bonds. The van der Waals surface area contributed by atoms with Crippen LogP contribution in [0.4, 0.5) is 0 Å². The predicted octanol–water partition coefficient (Wildman–Crippen LogP) is 4.02. The van der Waals surface area contributed by atoms with Gasteiger partial charge in [0.1, 0.15) is 11.5 Å². The van der Waals surface area contributed by atoms with Crippen LogP contribution in [0.3, 0.4) is 0 Å². The molecule has 6 nitrogen and oxygen atoms in total. The van der Waals surface area contributed by atoms with Crippen molar-refractivity contribution in [2.45, 2.75) is 0 Å². The Hall–Kier alpha value is -2.45. The molecule has 0 fully saturated rings. The molecule has 0 saturated heterocycles. The maximum Gasteiger partial charge on any atom is 0.368 e. The van der Waals surface area contributed by atoms with Gasteiger partial charge in [-0.25, -0.2) is 9.59 Å². The first-order chi connectivity index (χ1) is 12.5. The van der Waals surface area contributed by atoms with Crippen molar-refractivity contribution in [3.8, 4) is 5.75 Å². The average molecular weight is 481 g/mol. The fraction of sp³-hybridized carbons (Fsp3) is 0.0556. The van der Waals surface area contributed by atoms with Gasteiger partial charge < -0.3 is 14.7 Å². The number of hydrogen-bond acceptors (Lipinski definition) is 5. The number of aliphatic carboxylic acids is 1. The van der Waals surface area contributed by atoms with Crippen LogP contribution in [-0.2, 0) is 14.4 Å². The van der Waals surface area contributed by atoms with Crippen molar-refractivity contribution in [3.05, 3.63) is 68.1 Å². The van der Waals surface area contributed by atoms with Gasteiger partial charge in [0.15, 0.2) is 6.61 Å². The van der Waals surface area contributed by atoms with Gasteiger partial charge in [0.25, 0.3) is 0 Å². The smallest absolute Gasteiger partial charge is 0.368 e. The third-order valence-electron chi connectivity index (χ3n) is 3.41. The summed E-state index contributed by atoms with van der Waals surface area (Å²) >= 11 is 6.70. The van der Waals surface area contributed by atoms with Crippen molar-refractivity contribution in [2.75, 3.05) is 6.61 Å². The minimum absolute atomic E-state index is 0.328. The molecule has 0 aliphatic carbocycles. The van der Waals surface area contributed by atoms with Crippen LogP contribution < -0.4 is 4.74 Å². The molecule has 0 atom stereocenters. The zero-order valence-corrected chi connectivity index (χ0v) is 16.3. The Balaban J connectivity index is 1.95. The van der Waals surface area contributed by atoms with E-state index in [0.29, 0.717) is 31.5 Å². The summed E-state index contributed by atoms with van der Waals surface area (Å²) < 4.78 is 6.33. The summed E-state index contributed by atoms with van der Waals surface area (Å²) in [5, 5.41) is 12.6. The first-order valence-corrected chi connectivity index (χ1v) is 8.95. The molecule has 8 heteroatoms. The van der Waals surface area contributed by atoms with Gasteiger partial charge in [-0.2, -0.15) is 0 Å². The van der Waals surface area contributed by atoms with Gasteiger partial charge in [-0.05, 0) is 55.6 Å². The Morgan fingerprint density at radius 3 is 2.46 bits per heavy atom. The minimum Gasteiger partial charge on any atom is -0.480 e. The second kappa shape index (κ2) is 7.84. The third kappa shape index (κ3) is 4.03. The molecule has 0 saturated carbocycles. The van der Waals surface area contributed by atoms with Crippen molar-refractivity contribution in [1.29, 1.82) is 0 Å². The lowest BCUT2D eigenvalue weighted by Gasteiger charge is -2.10. The SMILES string of the molecule is O=C(O)COc1c(Br)cc(/C=C2\C(=O)ON=C2c2ccccc2)cc1Br. The number of benzene rings is 2. The number of ether oxygens (including phenoxy) is 1. The normalized spacial score (nSPS) is 14.9. The lowest BCUT2D eigenvalue weighted by molar-refractivity contribution is -0.139. The molecule has 3 rings (SSSR count). The number of oxime groups is 1.